The Morgan fingerprint density at radius 3 is 2.94 bits per heavy atom. The van der Waals surface area contributed by atoms with Gasteiger partial charge in [-0.05, 0) is 30.9 Å². The van der Waals surface area contributed by atoms with Gasteiger partial charge >= 0.3 is 0 Å². The number of nitrogens with zero attached hydrogens (tertiary/aromatic N) is 2. The minimum atomic E-state index is 0.898. The van der Waals surface area contributed by atoms with Crippen LogP contribution in [0.4, 0.5) is 0 Å². The molecule has 3 heteroatoms. The van der Waals surface area contributed by atoms with Crippen molar-refractivity contribution in [2.75, 3.05) is 13.1 Å². The van der Waals surface area contributed by atoms with Crippen molar-refractivity contribution in [3.63, 3.8) is 0 Å². The van der Waals surface area contributed by atoms with E-state index in [1.165, 1.54) is 37.9 Å². The Balaban J connectivity index is 1.64. The van der Waals surface area contributed by atoms with E-state index in [-0.39, 0.29) is 0 Å². The fourth-order valence-corrected chi connectivity index (χ4v) is 2.85. The molecule has 0 bridgehead atoms. The summed E-state index contributed by atoms with van der Waals surface area (Å²) in [5.74, 6) is 1.81. The predicted octanol–water partition coefficient (Wildman–Crippen LogP) is 2.38. The van der Waals surface area contributed by atoms with E-state index in [2.05, 4.69) is 23.4 Å². The van der Waals surface area contributed by atoms with Crippen molar-refractivity contribution in [3.8, 4) is 0 Å². The van der Waals surface area contributed by atoms with Crippen LogP contribution in [0.25, 0.3) is 0 Å². The van der Waals surface area contributed by atoms with Crippen molar-refractivity contribution >= 4 is 0 Å². The standard InChI is InChI=1S/C14H25N3/c1-12-5-3-4-6-13(12)11-15-9-7-14-8-10-16-17(14)2/h8,10,12-13,15H,3-7,9,11H2,1-2H3. The van der Waals surface area contributed by atoms with Gasteiger partial charge in [-0.25, -0.2) is 0 Å². The van der Waals surface area contributed by atoms with Gasteiger partial charge in [-0.1, -0.05) is 26.2 Å². The molecular formula is C14H25N3. The van der Waals surface area contributed by atoms with E-state index in [0.29, 0.717) is 0 Å². The summed E-state index contributed by atoms with van der Waals surface area (Å²) in [6, 6.07) is 2.10. The van der Waals surface area contributed by atoms with Gasteiger partial charge in [-0.2, -0.15) is 5.10 Å². The highest BCUT2D eigenvalue weighted by Gasteiger charge is 2.20. The lowest BCUT2D eigenvalue weighted by atomic mass is 9.80. The molecule has 1 saturated carbocycles. The molecule has 0 aromatic carbocycles. The van der Waals surface area contributed by atoms with Gasteiger partial charge in [0.05, 0.1) is 0 Å². The molecule has 0 aliphatic heterocycles. The fraction of sp³-hybridized carbons (Fsp3) is 0.786. The van der Waals surface area contributed by atoms with Crippen LogP contribution in [0.1, 0.15) is 38.3 Å². The van der Waals surface area contributed by atoms with Crippen LogP contribution >= 0.6 is 0 Å². The van der Waals surface area contributed by atoms with E-state index < -0.39 is 0 Å². The van der Waals surface area contributed by atoms with Crippen molar-refractivity contribution in [1.82, 2.24) is 15.1 Å². The van der Waals surface area contributed by atoms with Crippen molar-refractivity contribution in [3.05, 3.63) is 18.0 Å². The average molecular weight is 235 g/mol. The summed E-state index contributed by atoms with van der Waals surface area (Å²) in [4.78, 5) is 0. The predicted molar refractivity (Wildman–Crippen MR) is 70.9 cm³/mol. The highest BCUT2D eigenvalue weighted by atomic mass is 15.3. The van der Waals surface area contributed by atoms with Crippen LogP contribution in [-0.2, 0) is 13.5 Å². The van der Waals surface area contributed by atoms with E-state index >= 15 is 0 Å². The molecule has 1 aromatic rings. The number of aromatic nitrogens is 2. The summed E-state index contributed by atoms with van der Waals surface area (Å²) < 4.78 is 1.96. The lowest BCUT2D eigenvalue weighted by molar-refractivity contribution is 0.248. The first-order chi connectivity index (χ1) is 8.27. The van der Waals surface area contributed by atoms with Crippen LogP contribution in [0.2, 0.25) is 0 Å². The molecule has 0 saturated heterocycles. The number of rotatable bonds is 5. The van der Waals surface area contributed by atoms with Gasteiger partial charge in [0, 0.05) is 31.9 Å². The Hall–Kier alpha value is -0.830. The van der Waals surface area contributed by atoms with Gasteiger partial charge in [-0.15, -0.1) is 0 Å². The van der Waals surface area contributed by atoms with E-state index in [9.17, 15) is 0 Å². The van der Waals surface area contributed by atoms with Crippen molar-refractivity contribution in [2.24, 2.45) is 18.9 Å². The number of aryl methyl sites for hydroxylation is 1. The lowest BCUT2D eigenvalue weighted by Gasteiger charge is -2.28. The van der Waals surface area contributed by atoms with Crippen molar-refractivity contribution in [2.45, 2.75) is 39.0 Å². The van der Waals surface area contributed by atoms with E-state index in [1.54, 1.807) is 0 Å². The highest BCUT2D eigenvalue weighted by Crippen LogP contribution is 2.28. The molecule has 3 nitrogen and oxygen atoms in total. The maximum atomic E-state index is 4.19. The Morgan fingerprint density at radius 2 is 2.24 bits per heavy atom. The number of hydrogen-bond acceptors (Lipinski definition) is 2. The van der Waals surface area contributed by atoms with E-state index in [0.717, 1.165) is 24.8 Å². The molecule has 2 unspecified atom stereocenters. The monoisotopic (exact) mass is 235 g/mol. The molecule has 0 radical (unpaired) electrons. The molecule has 1 aromatic heterocycles. The molecule has 1 aliphatic carbocycles. The first-order valence-electron chi connectivity index (χ1n) is 6.95. The highest BCUT2D eigenvalue weighted by molar-refractivity contribution is 5.00. The van der Waals surface area contributed by atoms with Gasteiger partial charge in [0.1, 0.15) is 0 Å². The number of hydrogen-bond donors (Lipinski definition) is 1. The number of nitrogens with one attached hydrogen (secondary N) is 1. The summed E-state index contributed by atoms with van der Waals surface area (Å²) in [7, 11) is 2.01. The van der Waals surface area contributed by atoms with E-state index in [4.69, 9.17) is 0 Å². The van der Waals surface area contributed by atoms with Crippen LogP contribution in [0, 0.1) is 11.8 Å². The largest absolute Gasteiger partial charge is 0.316 e. The lowest BCUT2D eigenvalue weighted by Crippen LogP contribution is -2.30. The second kappa shape index (κ2) is 6.20. The third-order valence-electron chi connectivity index (χ3n) is 4.18. The van der Waals surface area contributed by atoms with Crippen LogP contribution in [-0.4, -0.2) is 22.9 Å². The first kappa shape index (κ1) is 12.6. The Bertz CT molecular complexity index is 332. The van der Waals surface area contributed by atoms with Crippen molar-refractivity contribution < 1.29 is 0 Å². The maximum absolute atomic E-state index is 4.19. The molecule has 1 heterocycles. The third kappa shape index (κ3) is 3.56. The summed E-state index contributed by atoms with van der Waals surface area (Å²) in [6.45, 7) is 4.67. The Labute approximate surface area is 105 Å². The van der Waals surface area contributed by atoms with Crippen molar-refractivity contribution in [1.29, 1.82) is 0 Å². The zero-order valence-corrected chi connectivity index (χ0v) is 11.2. The summed E-state index contributed by atoms with van der Waals surface area (Å²) >= 11 is 0. The second-order valence-corrected chi connectivity index (χ2v) is 5.42. The molecule has 96 valence electrons. The van der Waals surface area contributed by atoms with Crippen LogP contribution < -0.4 is 5.32 Å². The molecule has 0 spiro atoms. The quantitative estimate of drug-likeness (QED) is 0.794. The van der Waals surface area contributed by atoms with Crippen LogP contribution in [0.15, 0.2) is 12.3 Å². The second-order valence-electron chi connectivity index (χ2n) is 5.42. The van der Waals surface area contributed by atoms with Gasteiger partial charge in [-0.3, -0.25) is 4.68 Å². The van der Waals surface area contributed by atoms with Gasteiger partial charge in [0.2, 0.25) is 0 Å². The third-order valence-corrected chi connectivity index (χ3v) is 4.18. The van der Waals surface area contributed by atoms with Gasteiger partial charge < -0.3 is 5.32 Å². The summed E-state index contributed by atoms with van der Waals surface area (Å²) in [5, 5.41) is 7.80. The van der Waals surface area contributed by atoms with Gasteiger partial charge in [0.25, 0.3) is 0 Å². The minimum absolute atomic E-state index is 0.898. The van der Waals surface area contributed by atoms with Gasteiger partial charge in [0.15, 0.2) is 0 Å². The molecule has 17 heavy (non-hydrogen) atoms. The summed E-state index contributed by atoms with van der Waals surface area (Å²) in [6.07, 6.45) is 8.66. The normalized spacial score (nSPS) is 25.1. The Kier molecular flexibility index (Phi) is 4.60. The topological polar surface area (TPSA) is 29.9 Å². The summed E-state index contributed by atoms with van der Waals surface area (Å²) in [5.41, 5.74) is 1.31. The average Bonchev–Trinajstić information content (AvgIpc) is 2.73. The molecule has 2 rings (SSSR count). The fourth-order valence-electron chi connectivity index (χ4n) is 2.85. The Morgan fingerprint density at radius 1 is 1.41 bits per heavy atom. The molecule has 1 aliphatic rings. The molecule has 1 fully saturated rings. The van der Waals surface area contributed by atoms with E-state index in [1.807, 2.05) is 17.9 Å². The zero-order valence-electron chi connectivity index (χ0n) is 11.2. The maximum Gasteiger partial charge on any atom is 0.0492 e. The molecule has 2 atom stereocenters. The molecule has 1 N–H and O–H groups in total. The smallest absolute Gasteiger partial charge is 0.0492 e. The molecular weight excluding hydrogens is 210 g/mol. The molecule has 0 amide bonds. The first-order valence-corrected chi connectivity index (χ1v) is 6.95. The van der Waals surface area contributed by atoms with Crippen LogP contribution in [0.3, 0.4) is 0 Å². The SMILES string of the molecule is CC1CCCCC1CNCCc1ccnn1C. The minimum Gasteiger partial charge on any atom is -0.316 e. The zero-order chi connectivity index (χ0) is 12.1. The van der Waals surface area contributed by atoms with Crippen LogP contribution in [0.5, 0.6) is 0 Å².